The first-order chi connectivity index (χ1) is 17.0. The van der Waals surface area contributed by atoms with E-state index in [-0.39, 0.29) is 17.3 Å². The number of ether oxygens (including phenoxy) is 4. The Bertz CT molecular complexity index is 1300. The van der Waals surface area contributed by atoms with Crippen molar-refractivity contribution in [3.63, 3.8) is 0 Å². The summed E-state index contributed by atoms with van der Waals surface area (Å²) in [6.45, 7) is 0. The maximum absolute atomic E-state index is 13.5. The molecule has 0 bridgehead atoms. The molecule has 0 saturated carbocycles. The number of para-hydroxylation sites is 1. The van der Waals surface area contributed by atoms with Gasteiger partial charge in [-0.25, -0.2) is 4.39 Å². The highest BCUT2D eigenvalue weighted by molar-refractivity contribution is 6.11. The van der Waals surface area contributed by atoms with Crippen LogP contribution in [0, 0.1) is 5.82 Å². The summed E-state index contributed by atoms with van der Waals surface area (Å²) in [4.78, 5) is 13.5. The third-order valence-electron chi connectivity index (χ3n) is 5.53. The topological polar surface area (TPSA) is 54.0 Å². The van der Waals surface area contributed by atoms with Crippen LogP contribution < -0.4 is 18.9 Å². The standard InChI is InChI=1S/C29H25FO5/c1-32-27-21(17-19-9-13-22(30)14-10-19)18-25(28(33-2)29(27)34-3)26(31)20-11-15-24(16-12-20)35-23-7-5-4-6-8-23/h4-16,18H,17H2,1-3H3. The van der Waals surface area contributed by atoms with Crippen LogP contribution in [0.5, 0.6) is 28.7 Å². The van der Waals surface area contributed by atoms with Crippen LogP contribution in [0.1, 0.15) is 27.0 Å². The molecule has 4 rings (SSSR count). The second-order valence-electron chi connectivity index (χ2n) is 7.75. The molecule has 0 aliphatic rings. The molecular weight excluding hydrogens is 447 g/mol. The van der Waals surface area contributed by atoms with Crippen molar-refractivity contribution in [1.29, 1.82) is 0 Å². The van der Waals surface area contributed by atoms with Crippen molar-refractivity contribution in [2.45, 2.75) is 6.42 Å². The molecule has 0 atom stereocenters. The summed E-state index contributed by atoms with van der Waals surface area (Å²) < 4.78 is 36.0. The third-order valence-corrected chi connectivity index (χ3v) is 5.53. The van der Waals surface area contributed by atoms with Gasteiger partial charge in [0.05, 0.1) is 26.9 Å². The molecule has 0 amide bonds. The lowest BCUT2D eigenvalue weighted by molar-refractivity contribution is 0.103. The number of hydrogen-bond acceptors (Lipinski definition) is 5. The van der Waals surface area contributed by atoms with Crippen molar-refractivity contribution < 1.29 is 28.1 Å². The predicted octanol–water partition coefficient (Wildman–Crippen LogP) is 6.47. The number of benzene rings is 4. The zero-order valence-electron chi connectivity index (χ0n) is 19.7. The van der Waals surface area contributed by atoms with Crippen LogP contribution in [0.4, 0.5) is 4.39 Å². The number of hydrogen-bond donors (Lipinski definition) is 0. The van der Waals surface area contributed by atoms with Gasteiger partial charge in [-0.1, -0.05) is 30.3 Å². The predicted molar refractivity (Wildman–Crippen MR) is 132 cm³/mol. The Morgan fingerprint density at radius 3 is 1.91 bits per heavy atom. The summed E-state index contributed by atoms with van der Waals surface area (Å²) in [5, 5.41) is 0. The molecule has 0 aliphatic carbocycles. The fourth-order valence-electron chi connectivity index (χ4n) is 3.87. The van der Waals surface area contributed by atoms with Crippen molar-refractivity contribution in [2.75, 3.05) is 21.3 Å². The van der Waals surface area contributed by atoms with Gasteiger partial charge in [0.2, 0.25) is 5.75 Å². The Morgan fingerprint density at radius 1 is 0.714 bits per heavy atom. The lowest BCUT2D eigenvalue weighted by Crippen LogP contribution is -2.09. The molecule has 0 unspecified atom stereocenters. The molecule has 0 N–H and O–H groups in total. The Labute approximate surface area is 203 Å². The van der Waals surface area contributed by atoms with E-state index in [1.54, 1.807) is 42.5 Å². The number of ketones is 1. The summed E-state index contributed by atoms with van der Waals surface area (Å²) in [5.74, 6) is 1.82. The fourth-order valence-corrected chi connectivity index (χ4v) is 3.87. The maximum Gasteiger partial charge on any atom is 0.204 e. The molecule has 4 aromatic rings. The first kappa shape index (κ1) is 23.8. The van der Waals surface area contributed by atoms with Crippen molar-refractivity contribution in [1.82, 2.24) is 0 Å². The summed E-state index contributed by atoms with van der Waals surface area (Å²) in [6, 6.07) is 24.2. The quantitative estimate of drug-likeness (QED) is 0.262. The van der Waals surface area contributed by atoms with E-state index in [0.717, 1.165) is 5.56 Å². The summed E-state index contributed by atoms with van der Waals surface area (Å²) >= 11 is 0. The molecule has 5 nitrogen and oxygen atoms in total. The minimum atomic E-state index is -0.316. The molecule has 0 heterocycles. The van der Waals surface area contributed by atoms with E-state index < -0.39 is 0 Å². The van der Waals surface area contributed by atoms with E-state index in [9.17, 15) is 9.18 Å². The second kappa shape index (κ2) is 10.7. The van der Waals surface area contributed by atoms with E-state index in [1.165, 1.54) is 33.5 Å². The van der Waals surface area contributed by atoms with Crippen molar-refractivity contribution in [2.24, 2.45) is 0 Å². The maximum atomic E-state index is 13.5. The van der Waals surface area contributed by atoms with Crippen molar-refractivity contribution in [3.05, 3.63) is 113 Å². The number of rotatable bonds is 9. The van der Waals surface area contributed by atoms with Crippen molar-refractivity contribution >= 4 is 5.78 Å². The molecule has 0 aromatic heterocycles. The zero-order valence-corrected chi connectivity index (χ0v) is 19.7. The molecule has 0 radical (unpaired) electrons. The minimum Gasteiger partial charge on any atom is -0.492 e. The van der Waals surface area contributed by atoms with Gasteiger partial charge in [0.1, 0.15) is 17.3 Å². The SMILES string of the molecule is COc1c(Cc2ccc(F)cc2)cc(C(=O)c2ccc(Oc3ccccc3)cc2)c(OC)c1OC. The van der Waals surface area contributed by atoms with Crippen LogP contribution >= 0.6 is 0 Å². The molecule has 35 heavy (non-hydrogen) atoms. The molecule has 178 valence electrons. The van der Waals surface area contributed by atoms with Gasteiger partial charge in [0, 0.05) is 17.5 Å². The van der Waals surface area contributed by atoms with Gasteiger partial charge in [-0.05, 0) is 60.2 Å². The van der Waals surface area contributed by atoms with Crippen LogP contribution in [0.15, 0.2) is 84.9 Å². The lowest BCUT2D eigenvalue weighted by atomic mass is 9.95. The van der Waals surface area contributed by atoms with E-state index in [4.69, 9.17) is 18.9 Å². The summed E-state index contributed by atoms with van der Waals surface area (Å²) in [6.07, 6.45) is 0.411. The van der Waals surface area contributed by atoms with Crippen LogP contribution in [-0.4, -0.2) is 27.1 Å². The highest BCUT2D eigenvalue weighted by Gasteiger charge is 2.25. The molecule has 0 saturated heterocycles. The number of methoxy groups -OCH3 is 3. The van der Waals surface area contributed by atoms with Crippen LogP contribution in [0.25, 0.3) is 0 Å². The minimum absolute atomic E-state index is 0.241. The smallest absolute Gasteiger partial charge is 0.204 e. The first-order valence-corrected chi connectivity index (χ1v) is 11.0. The largest absolute Gasteiger partial charge is 0.492 e. The Kier molecular flexibility index (Phi) is 7.31. The molecule has 0 spiro atoms. The summed E-state index contributed by atoms with van der Waals surface area (Å²) in [5.41, 5.74) is 2.37. The molecule has 4 aromatic carbocycles. The molecule has 0 fully saturated rings. The van der Waals surface area contributed by atoms with Gasteiger partial charge < -0.3 is 18.9 Å². The average molecular weight is 473 g/mol. The highest BCUT2D eigenvalue weighted by Crippen LogP contribution is 2.44. The monoisotopic (exact) mass is 472 g/mol. The Hall–Kier alpha value is -4.32. The molecule has 6 heteroatoms. The van der Waals surface area contributed by atoms with Crippen LogP contribution in [0.2, 0.25) is 0 Å². The Balaban J connectivity index is 1.70. The van der Waals surface area contributed by atoms with Crippen LogP contribution in [-0.2, 0) is 6.42 Å². The summed E-state index contributed by atoms with van der Waals surface area (Å²) in [7, 11) is 4.49. The van der Waals surface area contributed by atoms with Crippen molar-refractivity contribution in [3.8, 4) is 28.7 Å². The number of carbonyl (C=O) groups is 1. The third kappa shape index (κ3) is 5.27. The number of halogens is 1. The van der Waals surface area contributed by atoms with Gasteiger partial charge in [-0.2, -0.15) is 0 Å². The van der Waals surface area contributed by atoms with Gasteiger partial charge in [0.15, 0.2) is 17.3 Å². The normalized spacial score (nSPS) is 10.5. The van der Waals surface area contributed by atoms with E-state index in [0.29, 0.717) is 46.1 Å². The van der Waals surface area contributed by atoms with Gasteiger partial charge in [0.25, 0.3) is 0 Å². The van der Waals surface area contributed by atoms with E-state index in [1.807, 2.05) is 30.3 Å². The average Bonchev–Trinajstić information content (AvgIpc) is 2.89. The Morgan fingerprint density at radius 2 is 1.31 bits per heavy atom. The van der Waals surface area contributed by atoms with Gasteiger partial charge >= 0.3 is 0 Å². The second-order valence-corrected chi connectivity index (χ2v) is 7.75. The zero-order chi connectivity index (χ0) is 24.8. The fraction of sp³-hybridized carbons (Fsp3) is 0.138. The van der Waals surface area contributed by atoms with Gasteiger partial charge in [-0.15, -0.1) is 0 Å². The lowest BCUT2D eigenvalue weighted by Gasteiger charge is -2.19. The first-order valence-electron chi connectivity index (χ1n) is 11.0. The number of carbonyl (C=O) groups excluding carboxylic acids is 1. The van der Waals surface area contributed by atoms with E-state index >= 15 is 0 Å². The highest BCUT2D eigenvalue weighted by atomic mass is 19.1. The molecule has 0 aliphatic heterocycles. The van der Waals surface area contributed by atoms with E-state index in [2.05, 4.69) is 0 Å². The van der Waals surface area contributed by atoms with Crippen LogP contribution in [0.3, 0.4) is 0 Å². The van der Waals surface area contributed by atoms with Gasteiger partial charge in [-0.3, -0.25) is 4.79 Å². The molecular formula is C29H25FO5.